The van der Waals surface area contributed by atoms with Gasteiger partial charge in [-0.25, -0.2) is 9.67 Å². The summed E-state index contributed by atoms with van der Waals surface area (Å²) in [6, 6.07) is 0.937. The van der Waals surface area contributed by atoms with E-state index in [9.17, 15) is 0 Å². The Morgan fingerprint density at radius 1 is 1.25 bits per heavy atom. The molecule has 0 aromatic carbocycles. The standard InChI is InChI=1S/C20H37N7.HI/c1-5-21-20(22-13-17-9-7-8-12-26(17)6-2)23-16-10-11-18-24-19(15(3)4)25-27(18)14-16;/h15-17H,5-14H2,1-4H3,(H2,21,22,23);1H. The smallest absolute Gasteiger partial charge is 0.191 e. The van der Waals surface area contributed by atoms with Gasteiger partial charge in [-0.1, -0.05) is 27.2 Å². The van der Waals surface area contributed by atoms with E-state index in [1.165, 1.54) is 25.8 Å². The quantitative estimate of drug-likeness (QED) is 0.355. The Morgan fingerprint density at radius 2 is 2.07 bits per heavy atom. The third kappa shape index (κ3) is 6.05. The second kappa shape index (κ2) is 11.3. The van der Waals surface area contributed by atoms with E-state index in [2.05, 4.69) is 52.9 Å². The molecule has 3 rings (SSSR count). The molecule has 2 atom stereocenters. The molecule has 2 unspecified atom stereocenters. The van der Waals surface area contributed by atoms with Crippen LogP contribution < -0.4 is 10.6 Å². The van der Waals surface area contributed by atoms with Crippen molar-refractivity contribution >= 4 is 29.9 Å². The first-order valence-electron chi connectivity index (χ1n) is 10.8. The lowest BCUT2D eigenvalue weighted by atomic mass is 10.0. The first-order valence-corrected chi connectivity index (χ1v) is 10.8. The molecular formula is C20H38IN7. The van der Waals surface area contributed by atoms with E-state index in [4.69, 9.17) is 10.1 Å². The van der Waals surface area contributed by atoms with Gasteiger partial charge in [-0.05, 0) is 39.3 Å². The number of nitrogens with one attached hydrogen (secondary N) is 2. The van der Waals surface area contributed by atoms with E-state index in [0.717, 1.165) is 56.6 Å². The summed E-state index contributed by atoms with van der Waals surface area (Å²) in [5.74, 6) is 3.41. The molecule has 0 amide bonds. The Balaban J connectivity index is 0.00000280. The van der Waals surface area contributed by atoms with E-state index in [-0.39, 0.29) is 24.0 Å². The van der Waals surface area contributed by atoms with E-state index in [1.54, 1.807) is 0 Å². The Labute approximate surface area is 187 Å². The van der Waals surface area contributed by atoms with Crippen LogP contribution in [-0.4, -0.2) is 63.9 Å². The highest BCUT2D eigenvalue weighted by atomic mass is 127. The van der Waals surface area contributed by atoms with Gasteiger partial charge in [0.15, 0.2) is 11.8 Å². The fourth-order valence-corrected chi connectivity index (χ4v) is 4.08. The first-order chi connectivity index (χ1) is 13.1. The summed E-state index contributed by atoms with van der Waals surface area (Å²) in [5.41, 5.74) is 0. The summed E-state index contributed by atoms with van der Waals surface area (Å²) in [4.78, 5) is 12.2. The van der Waals surface area contributed by atoms with Crippen molar-refractivity contribution in [3.63, 3.8) is 0 Å². The molecule has 7 nitrogen and oxygen atoms in total. The minimum absolute atomic E-state index is 0. The van der Waals surface area contributed by atoms with Crippen molar-refractivity contribution in [1.82, 2.24) is 30.3 Å². The maximum absolute atomic E-state index is 4.93. The van der Waals surface area contributed by atoms with Crippen LogP contribution in [0.4, 0.5) is 0 Å². The Morgan fingerprint density at radius 3 is 2.79 bits per heavy atom. The molecule has 0 aliphatic carbocycles. The van der Waals surface area contributed by atoms with Gasteiger partial charge in [0.05, 0.1) is 13.1 Å². The number of aromatic nitrogens is 3. The minimum atomic E-state index is 0. The molecule has 0 spiro atoms. The highest BCUT2D eigenvalue weighted by Gasteiger charge is 2.24. The number of likely N-dealkylation sites (N-methyl/N-ethyl adjacent to an activating group) is 1. The molecule has 1 aromatic rings. The lowest BCUT2D eigenvalue weighted by Crippen LogP contribution is -2.48. The molecule has 8 heteroatoms. The summed E-state index contributed by atoms with van der Waals surface area (Å²) in [6.45, 7) is 13.7. The zero-order valence-electron chi connectivity index (χ0n) is 17.9. The Bertz CT molecular complexity index is 628. The summed E-state index contributed by atoms with van der Waals surface area (Å²) in [5, 5.41) is 11.8. The second-order valence-corrected chi connectivity index (χ2v) is 8.10. The number of likely N-dealkylation sites (tertiary alicyclic amines) is 1. The number of nitrogens with zero attached hydrogens (tertiary/aromatic N) is 5. The van der Waals surface area contributed by atoms with Gasteiger partial charge in [0.25, 0.3) is 0 Å². The van der Waals surface area contributed by atoms with Gasteiger partial charge in [-0.3, -0.25) is 9.89 Å². The molecule has 0 saturated carbocycles. The fraction of sp³-hybridized carbons (Fsp3) is 0.850. The number of hydrogen-bond donors (Lipinski definition) is 2. The number of hydrogen-bond acceptors (Lipinski definition) is 4. The molecule has 1 aromatic heterocycles. The average molecular weight is 503 g/mol. The van der Waals surface area contributed by atoms with Gasteiger partial charge in [-0.2, -0.15) is 5.10 Å². The molecule has 2 aliphatic heterocycles. The van der Waals surface area contributed by atoms with Crippen LogP contribution in [0.25, 0.3) is 0 Å². The number of aryl methyl sites for hydroxylation is 1. The van der Waals surface area contributed by atoms with Crippen molar-refractivity contribution in [1.29, 1.82) is 0 Å². The second-order valence-electron chi connectivity index (χ2n) is 8.10. The van der Waals surface area contributed by atoms with Crippen LogP contribution in [-0.2, 0) is 13.0 Å². The van der Waals surface area contributed by atoms with Gasteiger partial charge in [0.2, 0.25) is 0 Å². The molecule has 1 fully saturated rings. The lowest BCUT2D eigenvalue weighted by Gasteiger charge is -2.34. The first kappa shape index (κ1) is 23.4. The number of rotatable bonds is 6. The van der Waals surface area contributed by atoms with Crippen LogP contribution in [0.5, 0.6) is 0 Å². The molecule has 28 heavy (non-hydrogen) atoms. The molecule has 0 radical (unpaired) electrons. The van der Waals surface area contributed by atoms with E-state index < -0.39 is 0 Å². The van der Waals surface area contributed by atoms with Crippen molar-refractivity contribution in [2.45, 2.75) is 84.3 Å². The predicted molar refractivity (Wildman–Crippen MR) is 126 cm³/mol. The van der Waals surface area contributed by atoms with Gasteiger partial charge in [0.1, 0.15) is 5.82 Å². The van der Waals surface area contributed by atoms with E-state index in [1.807, 2.05) is 0 Å². The summed E-state index contributed by atoms with van der Waals surface area (Å²) < 4.78 is 2.08. The summed E-state index contributed by atoms with van der Waals surface area (Å²) in [6.07, 6.45) is 5.97. The largest absolute Gasteiger partial charge is 0.357 e. The van der Waals surface area contributed by atoms with Crippen LogP contribution in [0.15, 0.2) is 4.99 Å². The fourth-order valence-electron chi connectivity index (χ4n) is 4.08. The third-order valence-corrected chi connectivity index (χ3v) is 5.69. The van der Waals surface area contributed by atoms with Crippen LogP contribution in [0, 0.1) is 0 Å². The molecule has 2 aliphatic rings. The van der Waals surface area contributed by atoms with Crippen molar-refractivity contribution in [3.05, 3.63) is 11.6 Å². The Hall–Kier alpha value is -0.900. The molecule has 3 heterocycles. The number of piperidine rings is 1. The minimum Gasteiger partial charge on any atom is -0.357 e. The highest BCUT2D eigenvalue weighted by molar-refractivity contribution is 14.0. The van der Waals surface area contributed by atoms with Crippen LogP contribution in [0.2, 0.25) is 0 Å². The van der Waals surface area contributed by atoms with E-state index in [0.29, 0.717) is 18.0 Å². The van der Waals surface area contributed by atoms with Crippen LogP contribution in [0.3, 0.4) is 0 Å². The summed E-state index contributed by atoms with van der Waals surface area (Å²) in [7, 11) is 0. The number of fused-ring (bicyclic) bond motifs is 1. The van der Waals surface area contributed by atoms with Gasteiger partial charge >= 0.3 is 0 Å². The maximum Gasteiger partial charge on any atom is 0.191 e. The van der Waals surface area contributed by atoms with Gasteiger partial charge in [0, 0.05) is 31.0 Å². The SMILES string of the molecule is CCNC(=NCC1CCCCN1CC)NC1CCc2nc(C(C)C)nn2C1.I. The average Bonchev–Trinajstić information content (AvgIpc) is 3.10. The van der Waals surface area contributed by atoms with Crippen molar-refractivity contribution < 1.29 is 0 Å². The Kier molecular flexibility index (Phi) is 9.46. The van der Waals surface area contributed by atoms with Gasteiger partial charge in [-0.15, -0.1) is 24.0 Å². The lowest BCUT2D eigenvalue weighted by molar-refractivity contribution is 0.161. The van der Waals surface area contributed by atoms with Crippen LogP contribution >= 0.6 is 24.0 Å². The van der Waals surface area contributed by atoms with Crippen molar-refractivity contribution in [2.75, 3.05) is 26.2 Å². The predicted octanol–water partition coefficient (Wildman–Crippen LogP) is 2.76. The van der Waals surface area contributed by atoms with Crippen molar-refractivity contribution in [3.8, 4) is 0 Å². The number of guanidine groups is 1. The van der Waals surface area contributed by atoms with Crippen molar-refractivity contribution in [2.24, 2.45) is 4.99 Å². The molecule has 1 saturated heterocycles. The normalized spacial score (nSPS) is 23.2. The topological polar surface area (TPSA) is 70.4 Å². The number of halogens is 1. The zero-order chi connectivity index (χ0) is 19.2. The van der Waals surface area contributed by atoms with E-state index >= 15 is 0 Å². The van der Waals surface area contributed by atoms with Gasteiger partial charge < -0.3 is 10.6 Å². The monoisotopic (exact) mass is 503 g/mol. The molecule has 0 bridgehead atoms. The zero-order valence-corrected chi connectivity index (χ0v) is 20.3. The number of aliphatic imine (C=N–C) groups is 1. The maximum atomic E-state index is 4.93. The molecular weight excluding hydrogens is 465 g/mol. The van der Waals surface area contributed by atoms with Crippen LogP contribution in [0.1, 0.15) is 70.9 Å². The summed E-state index contributed by atoms with van der Waals surface area (Å²) >= 11 is 0. The molecule has 160 valence electrons. The molecule has 2 N–H and O–H groups in total. The highest BCUT2D eigenvalue weighted by Crippen LogP contribution is 2.18. The third-order valence-electron chi connectivity index (χ3n) is 5.69.